The van der Waals surface area contributed by atoms with Crippen LogP contribution >= 0.6 is 0 Å². The van der Waals surface area contributed by atoms with E-state index < -0.39 is 5.97 Å². The van der Waals surface area contributed by atoms with E-state index in [-0.39, 0.29) is 24.5 Å². The minimum absolute atomic E-state index is 0.135. The van der Waals surface area contributed by atoms with E-state index in [1.165, 1.54) is 5.56 Å². The minimum atomic E-state index is -0.465. The number of carbonyl (C=O) groups excluding carboxylic acids is 2. The van der Waals surface area contributed by atoms with Gasteiger partial charge in [0.25, 0.3) is 11.5 Å². The van der Waals surface area contributed by atoms with Crippen LogP contribution in [0.5, 0.6) is 0 Å². The Labute approximate surface area is 180 Å². The summed E-state index contributed by atoms with van der Waals surface area (Å²) in [7, 11) is 0. The molecule has 0 radical (unpaired) electrons. The Balaban J connectivity index is 1.39. The SMILES string of the molecule is CCCCc1ccc(NC(=O)COC(=O)CCCc2nc3ccccc3c(=O)[nH]2)cc1. The molecule has 0 bridgehead atoms. The van der Waals surface area contributed by atoms with E-state index in [9.17, 15) is 14.4 Å². The number of benzene rings is 2. The summed E-state index contributed by atoms with van der Waals surface area (Å²) < 4.78 is 5.04. The molecule has 2 aromatic carbocycles. The number of H-pyrrole nitrogens is 1. The number of esters is 1. The van der Waals surface area contributed by atoms with Crippen LogP contribution in [0.1, 0.15) is 44.0 Å². The fourth-order valence-corrected chi connectivity index (χ4v) is 3.20. The molecule has 2 N–H and O–H groups in total. The molecule has 7 nitrogen and oxygen atoms in total. The Bertz CT molecular complexity index is 1090. The third-order valence-electron chi connectivity index (χ3n) is 4.88. The van der Waals surface area contributed by atoms with Gasteiger partial charge in [0.15, 0.2) is 6.61 Å². The van der Waals surface area contributed by atoms with Gasteiger partial charge in [-0.05, 0) is 49.1 Å². The van der Waals surface area contributed by atoms with Crippen LogP contribution in [0.15, 0.2) is 53.3 Å². The topological polar surface area (TPSA) is 101 Å². The Morgan fingerprint density at radius 2 is 1.81 bits per heavy atom. The van der Waals surface area contributed by atoms with E-state index in [0.29, 0.717) is 35.3 Å². The van der Waals surface area contributed by atoms with Crippen molar-refractivity contribution in [3.8, 4) is 0 Å². The summed E-state index contributed by atoms with van der Waals surface area (Å²) in [6, 6.07) is 14.8. The first-order valence-corrected chi connectivity index (χ1v) is 10.6. The second-order valence-electron chi connectivity index (χ2n) is 7.39. The highest BCUT2D eigenvalue weighted by Gasteiger charge is 2.09. The number of anilines is 1. The molecule has 0 aliphatic rings. The van der Waals surface area contributed by atoms with Gasteiger partial charge in [-0.3, -0.25) is 14.4 Å². The van der Waals surface area contributed by atoms with Crippen molar-refractivity contribution in [3.63, 3.8) is 0 Å². The van der Waals surface area contributed by atoms with Crippen molar-refractivity contribution in [3.05, 3.63) is 70.3 Å². The molecule has 3 aromatic rings. The number of para-hydroxylation sites is 1. The van der Waals surface area contributed by atoms with Crippen molar-refractivity contribution in [1.82, 2.24) is 9.97 Å². The molecule has 1 aromatic heterocycles. The third kappa shape index (κ3) is 6.77. The molecular weight excluding hydrogens is 394 g/mol. The largest absolute Gasteiger partial charge is 0.456 e. The van der Waals surface area contributed by atoms with Crippen molar-refractivity contribution in [2.45, 2.75) is 45.4 Å². The average Bonchev–Trinajstić information content (AvgIpc) is 2.77. The molecule has 3 rings (SSSR count). The number of fused-ring (bicyclic) bond motifs is 1. The predicted molar refractivity (Wildman–Crippen MR) is 120 cm³/mol. The molecular formula is C24H27N3O4. The normalized spacial score (nSPS) is 10.7. The summed E-state index contributed by atoms with van der Waals surface area (Å²) in [5.41, 5.74) is 2.33. The summed E-state index contributed by atoms with van der Waals surface area (Å²) in [5, 5.41) is 3.25. The van der Waals surface area contributed by atoms with Gasteiger partial charge in [-0.2, -0.15) is 0 Å². The number of hydrogen-bond donors (Lipinski definition) is 2. The number of nitrogens with one attached hydrogen (secondary N) is 2. The van der Waals surface area contributed by atoms with Crippen molar-refractivity contribution in [1.29, 1.82) is 0 Å². The van der Waals surface area contributed by atoms with Crippen molar-refractivity contribution in [2.75, 3.05) is 11.9 Å². The summed E-state index contributed by atoms with van der Waals surface area (Å²) in [6.45, 7) is 1.82. The van der Waals surface area contributed by atoms with E-state index in [4.69, 9.17) is 4.74 Å². The molecule has 0 fully saturated rings. The first-order valence-electron chi connectivity index (χ1n) is 10.6. The van der Waals surface area contributed by atoms with E-state index in [1.807, 2.05) is 30.3 Å². The van der Waals surface area contributed by atoms with Crippen molar-refractivity contribution in [2.24, 2.45) is 0 Å². The monoisotopic (exact) mass is 421 g/mol. The Hall–Kier alpha value is -3.48. The molecule has 0 aliphatic carbocycles. The molecule has 162 valence electrons. The highest BCUT2D eigenvalue weighted by Crippen LogP contribution is 2.12. The van der Waals surface area contributed by atoms with Crippen LogP contribution in [0.3, 0.4) is 0 Å². The molecule has 0 saturated heterocycles. The molecule has 7 heteroatoms. The van der Waals surface area contributed by atoms with Gasteiger partial charge in [-0.1, -0.05) is 37.6 Å². The number of aryl methyl sites for hydroxylation is 2. The van der Waals surface area contributed by atoms with Crippen LogP contribution in [0.2, 0.25) is 0 Å². The summed E-state index contributed by atoms with van der Waals surface area (Å²) in [5.74, 6) is -0.319. The lowest BCUT2D eigenvalue weighted by atomic mass is 10.1. The maximum absolute atomic E-state index is 12.1. The number of carbonyl (C=O) groups is 2. The summed E-state index contributed by atoms with van der Waals surface area (Å²) in [4.78, 5) is 43.1. The molecule has 0 spiro atoms. The standard InChI is InChI=1S/C24H27N3O4/c1-2-3-7-17-12-14-18(15-13-17)25-22(28)16-31-23(29)11-6-10-21-26-20-9-5-4-8-19(20)24(30)27-21/h4-5,8-9,12-15H,2-3,6-7,10-11,16H2,1H3,(H,25,28)(H,26,27,30). The average molecular weight is 421 g/mol. The Morgan fingerprint density at radius 1 is 1.03 bits per heavy atom. The second-order valence-corrected chi connectivity index (χ2v) is 7.39. The van der Waals surface area contributed by atoms with E-state index in [2.05, 4.69) is 22.2 Å². The highest BCUT2D eigenvalue weighted by molar-refractivity contribution is 5.92. The van der Waals surface area contributed by atoms with Gasteiger partial charge < -0.3 is 15.0 Å². The molecule has 0 saturated carbocycles. The first-order chi connectivity index (χ1) is 15.0. The molecule has 1 heterocycles. The number of ether oxygens (including phenoxy) is 1. The zero-order valence-corrected chi connectivity index (χ0v) is 17.6. The lowest BCUT2D eigenvalue weighted by Gasteiger charge is -2.08. The van der Waals surface area contributed by atoms with E-state index >= 15 is 0 Å². The van der Waals surface area contributed by atoms with E-state index in [1.54, 1.807) is 18.2 Å². The van der Waals surface area contributed by atoms with Gasteiger partial charge >= 0.3 is 5.97 Å². The minimum Gasteiger partial charge on any atom is -0.456 e. The van der Waals surface area contributed by atoms with Gasteiger partial charge in [0, 0.05) is 18.5 Å². The molecule has 0 aliphatic heterocycles. The first kappa shape index (κ1) is 22.2. The Morgan fingerprint density at radius 3 is 2.58 bits per heavy atom. The number of aromatic amines is 1. The fraction of sp³-hybridized carbons (Fsp3) is 0.333. The lowest BCUT2D eigenvalue weighted by Crippen LogP contribution is -2.21. The zero-order chi connectivity index (χ0) is 22.1. The summed E-state index contributed by atoms with van der Waals surface area (Å²) in [6.07, 6.45) is 4.32. The number of amides is 1. The van der Waals surface area contributed by atoms with Gasteiger partial charge in [-0.15, -0.1) is 0 Å². The van der Waals surface area contributed by atoms with Crippen LogP contribution in [0.4, 0.5) is 5.69 Å². The predicted octanol–water partition coefficient (Wildman–Crippen LogP) is 3.77. The quantitative estimate of drug-likeness (QED) is 0.485. The van der Waals surface area contributed by atoms with E-state index in [0.717, 1.165) is 19.3 Å². The number of aromatic nitrogens is 2. The van der Waals surface area contributed by atoms with Gasteiger partial charge in [0.2, 0.25) is 0 Å². The van der Waals surface area contributed by atoms with Crippen LogP contribution < -0.4 is 10.9 Å². The van der Waals surface area contributed by atoms with Gasteiger partial charge in [0.1, 0.15) is 5.82 Å². The molecule has 1 amide bonds. The maximum atomic E-state index is 12.1. The number of unbranched alkanes of at least 4 members (excludes halogenated alkanes) is 1. The van der Waals surface area contributed by atoms with Crippen LogP contribution in [0, 0.1) is 0 Å². The van der Waals surface area contributed by atoms with Crippen molar-refractivity contribution >= 4 is 28.5 Å². The number of nitrogens with zero attached hydrogens (tertiary/aromatic N) is 1. The van der Waals surface area contributed by atoms with Crippen LogP contribution in [-0.2, 0) is 27.2 Å². The smallest absolute Gasteiger partial charge is 0.306 e. The van der Waals surface area contributed by atoms with Crippen LogP contribution in [0.25, 0.3) is 10.9 Å². The third-order valence-corrected chi connectivity index (χ3v) is 4.88. The van der Waals surface area contributed by atoms with Crippen LogP contribution in [-0.4, -0.2) is 28.5 Å². The van der Waals surface area contributed by atoms with Gasteiger partial charge in [-0.25, -0.2) is 4.98 Å². The van der Waals surface area contributed by atoms with Gasteiger partial charge in [0.05, 0.1) is 10.9 Å². The molecule has 0 atom stereocenters. The molecule has 0 unspecified atom stereocenters. The highest BCUT2D eigenvalue weighted by atomic mass is 16.5. The second kappa shape index (κ2) is 11.1. The summed E-state index contributed by atoms with van der Waals surface area (Å²) >= 11 is 0. The maximum Gasteiger partial charge on any atom is 0.306 e. The number of hydrogen-bond acceptors (Lipinski definition) is 5. The molecule has 31 heavy (non-hydrogen) atoms. The lowest BCUT2D eigenvalue weighted by molar-refractivity contribution is -0.147. The Kier molecular flexibility index (Phi) is 7.92. The zero-order valence-electron chi connectivity index (χ0n) is 17.6. The number of rotatable bonds is 10. The fourth-order valence-electron chi connectivity index (χ4n) is 3.20. The van der Waals surface area contributed by atoms with Crippen molar-refractivity contribution < 1.29 is 14.3 Å².